The van der Waals surface area contributed by atoms with Crippen molar-refractivity contribution < 1.29 is 37.9 Å². The van der Waals surface area contributed by atoms with Crippen molar-refractivity contribution in [2.24, 2.45) is 0 Å². The van der Waals surface area contributed by atoms with Crippen molar-refractivity contribution in [1.82, 2.24) is 0 Å². The molecule has 10 aromatic carbocycles. The Morgan fingerprint density at radius 3 is 0.802 bits per heavy atom. The zero-order chi connectivity index (χ0) is 55.3. The van der Waals surface area contributed by atoms with E-state index in [9.17, 15) is 0 Å². The fourth-order valence-electron chi connectivity index (χ4n) is 10.7. The number of benzene rings is 10. The van der Waals surface area contributed by atoms with Crippen molar-refractivity contribution in [1.29, 1.82) is 0 Å². The van der Waals surface area contributed by atoms with E-state index in [1.807, 2.05) is 72.8 Å². The summed E-state index contributed by atoms with van der Waals surface area (Å²) in [6.07, 6.45) is 2.06. The highest BCUT2D eigenvalue weighted by atomic mass is 31.1. The summed E-state index contributed by atoms with van der Waals surface area (Å²) in [6.45, 7) is 1.30. The van der Waals surface area contributed by atoms with E-state index in [0.29, 0.717) is 52.1 Å². The smallest absolute Gasteiger partial charge is 0.126 e. The van der Waals surface area contributed by atoms with Crippen molar-refractivity contribution in [3.8, 4) is 46.0 Å². The lowest BCUT2D eigenvalue weighted by Crippen LogP contribution is -2.22. The number of fused-ring (bicyclic) bond motifs is 8. The van der Waals surface area contributed by atoms with Gasteiger partial charge in [0.15, 0.2) is 0 Å². The van der Waals surface area contributed by atoms with Crippen LogP contribution in [0.2, 0.25) is 0 Å². The van der Waals surface area contributed by atoms with E-state index in [2.05, 4.69) is 152 Å². The number of para-hydroxylation sites is 3. The molecule has 0 fully saturated rings. The Morgan fingerprint density at radius 2 is 0.519 bits per heavy atom. The summed E-state index contributed by atoms with van der Waals surface area (Å²) in [5.41, 5.74) is 12.2. The molecule has 0 aromatic heterocycles. The second-order valence-electron chi connectivity index (χ2n) is 20.1. The maximum atomic E-state index is 7.32. The van der Waals surface area contributed by atoms with Crippen molar-refractivity contribution in [2.45, 2.75) is 52.1 Å². The van der Waals surface area contributed by atoms with E-state index < -0.39 is 7.92 Å². The first-order chi connectivity index (χ1) is 39.9. The lowest BCUT2D eigenvalue weighted by atomic mass is 9.91. The van der Waals surface area contributed by atoms with Gasteiger partial charge in [0.05, 0.1) is 28.4 Å². The minimum Gasteiger partial charge on any atom is -0.497 e. The number of methoxy groups -OCH3 is 4. The van der Waals surface area contributed by atoms with Crippen LogP contribution in [0.15, 0.2) is 224 Å². The van der Waals surface area contributed by atoms with Crippen molar-refractivity contribution in [2.75, 3.05) is 28.4 Å². The molecule has 81 heavy (non-hydrogen) atoms. The summed E-state index contributed by atoms with van der Waals surface area (Å²) in [5, 5.41) is 3.71. The third-order valence-corrected chi connectivity index (χ3v) is 17.0. The van der Waals surface area contributed by atoms with E-state index in [1.165, 1.54) is 15.9 Å². The SMILES string of the molecule is COc1cccc(COc2c3cccc2Cc2cccc(c2OCc2cccc(OC)c2)Cc2cc(P(c4ccccc4)c4ccccc4)cc(c2OCc2cccc(OC)c2)Cc2cccc(c2OCc2cccc(OC)c2)C3)c1. The Bertz CT molecular complexity index is 3560. The second kappa shape index (κ2) is 25.9. The second-order valence-corrected chi connectivity index (χ2v) is 22.3. The van der Waals surface area contributed by atoms with Gasteiger partial charge in [-0.25, -0.2) is 0 Å². The summed E-state index contributed by atoms with van der Waals surface area (Å²) in [4.78, 5) is 0. The van der Waals surface area contributed by atoms with Gasteiger partial charge in [-0.05, 0) is 151 Å². The number of hydrogen-bond acceptors (Lipinski definition) is 8. The van der Waals surface area contributed by atoms with E-state index in [-0.39, 0.29) is 0 Å². The van der Waals surface area contributed by atoms with E-state index in [0.717, 1.165) is 113 Å². The molecular formula is C72H65O8P. The van der Waals surface area contributed by atoms with Gasteiger partial charge in [-0.2, -0.15) is 0 Å². The normalized spacial score (nSPS) is 11.8. The first kappa shape index (κ1) is 54.0. The van der Waals surface area contributed by atoms with Crippen molar-refractivity contribution >= 4 is 23.8 Å². The highest BCUT2D eigenvalue weighted by Crippen LogP contribution is 2.42. The van der Waals surface area contributed by atoms with E-state index in [4.69, 9.17) is 37.9 Å². The third kappa shape index (κ3) is 13.1. The van der Waals surface area contributed by atoms with Crippen LogP contribution in [0.4, 0.5) is 0 Å². The molecule has 11 rings (SSSR count). The predicted molar refractivity (Wildman–Crippen MR) is 325 cm³/mol. The number of rotatable bonds is 19. The average molecular weight is 1090 g/mol. The van der Waals surface area contributed by atoms with Crippen LogP contribution in [0.5, 0.6) is 46.0 Å². The van der Waals surface area contributed by atoms with Crippen molar-refractivity contribution in [3.63, 3.8) is 0 Å². The summed E-state index contributed by atoms with van der Waals surface area (Å²) >= 11 is 0. The van der Waals surface area contributed by atoms with Gasteiger partial charge < -0.3 is 37.9 Å². The molecule has 0 saturated carbocycles. The lowest BCUT2D eigenvalue weighted by Gasteiger charge is -2.26. The molecule has 0 heterocycles. The fraction of sp³-hybridized carbons (Fsp3) is 0.167. The van der Waals surface area contributed by atoms with Gasteiger partial charge in [0.1, 0.15) is 72.4 Å². The van der Waals surface area contributed by atoms with Crippen LogP contribution in [-0.2, 0) is 52.1 Å². The molecule has 0 amide bonds. The third-order valence-electron chi connectivity index (χ3n) is 14.6. The molecule has 9 heteroatoms. The van der Waals surface area contributed by atoms with Crippen molar-refractivity contribution in [3.05, 3.63) is 291 Å². The van der Waals surface area contributed by atoms with Gasteiger partial charge in [0.25, 0.3) is 0 Å². The molecular weight excluding hydrogens is 1020 g/mol. The Kier molecular flexibility index (Phi) is 17.3. The standard InChI is InChI=1S/C72H65O8P/c1-73-62-28-11-18-50(36-62)46-77-69-54-22-15-23-55(69)41-57-25-17-27-59(71(57)79-48-52-20-13-30-64(38-52)75-3)43-61-45-68(81(66-32-7-5-8-33-66)67-34-9-6-10-35-67)44-60(72(61)80-49-53-21-14-31-65(39-53)76-4)42-58-26-16-24-56(40-54)70(58)78-47-51-19-12-29-63(37-51)74-2/h5-39,44-45H,40-43,46-49H2,1-4H3. The Morgan fingerprint density at radius 1 is 0.259 bits per heavy atom. The minimum absolute atomic E-state index is 0.314. The van der Waals surface area contributed by atoms with Gasteiger partial charge >= 0.3 is 0 Å². The summed E-state index contributed by atoms with van der Waals surface area (Å²) in [5.74, 6) is 6.36. The molecule has 0 spiro atoms. The largest absolute Gasteiger partial charge is 0.497 e. The molecule has 0 radical (unpaired) electrons. The van der Waals surface area contributed by atoms with E-state index >= 15 is 0 Å². The van der Waals surface area contributed by atoms with Gasteiger partial charge in [-0.1, -0.05) is 164 Å². The van der Waals surface area contributed by atoms with Gasteiger partial charge in [-0.3, -0.25) is 0 Å². The molecule has 0 aliphatic heterocycles. The first-order valence-corrected chi connectivity index (χ1v) is 28.7. The summed E-state index contributed by atoms with van der Waals surface area (Å²) < 4.78 is 51.5. The van der Waals surface area contributed by atoms with Crippen LogP contribution in [0, 0.1) is 0 Å². The molecule has 10 aromatic rings. The molecule has 8 bridgehead atoms. The van der Waals surface area contributed by atoms with Crippen LogP contribution in [0.3, 0.4) is 0 Å². The highest BCUT2D eigenvalue weighted by Gasteiger charge is 2.26. The van der Waals surface area contributed by atoms with Crippen LogP contribution in [-0.4, -0.2) is 28.4 Å². The molecule has 8 nitrogen and oxygen atoms in total. The van der Waals surface area contributed by atoms with Crippen LogP contribution < -0.4 is 53.8 Å². The minimum atomic E-state index is -1.05. The first-order valence-electron chi connectivity index (χ1n) is 27.3. The quantitative estimate of drug-likeness (QED) is 0.0742. The van der Waals surface area contributed by atoms with Gasteiger partial charge in [0, 0.05) is 25.7 Å². The van der Waals surface area contributed by atoms with Crippen LogP contribution in [0.1, 0.15) is 66.8 Å². The highest BCUT2D eigenvalue weighted by molar-refractivity contribution is 7.79. The Balaban J connectivity index is 1.14. The van der Waals surface area contributed by atoms with E-state index in [1.54, 1.807) is 28.4 Å². The molecule has 0 atom stereocenters. The van der Waals surface area contributed by atoms with Crippen LogP contribution >= 0.6 is 7.92 Å². The van der Waals surface area contributed by atoms with Crippen LogP contribution in [0.25, 0.3) is 0 Å². The number of ether oxygens (including phenoxy) is 8. The lowest BCUT2D eigenvalue weighted by molar-refractivity contribution is 0.292. The predicted octanol–water partition coefficient (Wildman–Crippen LogP) is 14.5. The summed E-state index contributed by atoms with van der Waals surface area (Å²) in [6, 6.07) is 78.5. The van der Waals surface area contributed by atoms with Gasteiger partial charge in [-0.15, -0.1) is 0 Å². The Labute approximate surface area is 477 Å². The average Bonchev–Trinajstić information content (AvgIpc) is 3.63. The number of hydrogen-bond donors (Lipinski definition) is 0. The fourth-order valence-corrected chi connectivity index (χ4v) is 13.1. The molecule has 0 saturated heterocycles. The molecule has 1 aliphatic carbocycles. The zero-order valence-electron chi connectivity index (χ0n) is 46.2. The monoisotopic (exact) mass is 1090 g/mol. The molecule has 0 unspecified atom stereocenters. The molecule has 0 N–H and O–H groups in total. The maximum absolute atomic E-state index is 7.32. The van der Waals surface area contributed by atoms with Gasteiger partial charge in [0.2, 0.25) is 0 Å². The topological polar surface area (TPSA) is 73.8 Å². The Hall–Kier alpha value is -8.97. The summed E-state index contributed by atoms with van der Waals surface area (Å²) in [7, 11) is 5.73. The zero-order valence-corrected chi connectivity index (χ0v) is 47.1. The maximum Gasteiger partial charge on any atom is 0.126 e. The molecule has 1 aliphatic rings. The molecule has 406 valence electrons.